The number of nitrogens with zero attached hydrogens (tertiary/aromatic N) is 3. The molecule has 0 aliphatic heterocycles. The summed E-state index contributed by atoms with van der Waals surface area (Å²) in [7, 11) is 0. The van der Waals surface area contributed by atoms with E-state index in [9.17, 15) is 4.79 Å². The van der Waals surface area contributed by atoms with E-state index < -0.39 is 0 Å². The number of benzene rings is 1. The molecule has 2 aromatic heterocycles. The number of hydrogen-bond acceptors (Lipinski definition) is 5. The van der Waals surface area contributed by atoms with E-state index in [0.717, 1.165) is 6.54 Å². The third-order valence-corrected chi connectivity index (χ3v) is 5.08. The van der Waals surface area contributed by atoms with Crippen LogP contribution in [0.2, 0.25) is 5.02 Å². The average Bonchev–Trinajstić information content (AvgIpc) is 3.24. The molecule has 1 aromatic carbocycles. The minimum absolute atomic E-state index is 0.0103. The van der Waals surface area contributed by atoms with Gasteiger partial charge in [0.05, 0.1) is 11.5 Å². The van der Waals surface area contributed by atoms with Crippen molar-refractivity contribution < 1.29 is 9.21 Å². The summed E-state index contributed by atoms with van der Waals surface area (Å²) in [6.45, 7) is 6.86. The molecule has 0 radical (unpaired) electrons. The Morgan fingerprint density at radius 1 is 1.23 bits per heavy atom. The SMILES string of the molecule is CC(C)Cn1c(SC(C)C(=O)c2cccc(Cl)c2)nnc1-c1ccco1. The number of ketones is 1. The molecular formula is C19H20ClN3O2S. The molecule has 5 nitrogen and oxygen atoms in total. The van der Waals surface area contributed by atoms with Crippen molar-refractivity contribution in [3.63, 3.8) is 0 Å². The summed E-state index contributed by atoms with van der Waals surface area (Å²) in [6.07, 6.45) is 1.61. The van der Waals surface area contributed by atoms with Crippen LogP contribution in [-0.4, -0.2) is 25.8 Å². The summed E-state index contributed by atoms with van der Waals surface area (Å²) in [6, 6.07) is 10.7. The van der Waals surface area contributed by atoms with Gasteiger partial charge in [-0.1, -0.05) is 49.3 Å². The second-order valence-corrected chi connectivity index (χ2v) is 8.17. The van der Waals surface area contributed by atoms with E-state index in [1.165, 1.54) is 11.8 Å². The van der Waals surface area contributed by atoms with Crippen LogP contribution in [0.5, 0.6) is 0 Å². The van der Waals surface area contributed by atoms with Gasteiger partial charge < -0.3 is 4.42 Å². The van der Waals surface area contributed by atoms with Crippen molar-refractivity contribution in [2.75, 3.05) is 0 Å². The molecule has 0 aliphatic rings. The number of carbonyl (C=O) groups excluding carboxylic acids is 1. The molecule has 2 heterocycles. The molecule has 0 saturated heterocycles. The van der Waals surface area contributed by atoms with Crippen molar-refractivity contribution in [2.45, 2.75) is 37.7 Å². The number of Topliss-reactive ketones (excluding diaryl/α,β-unsaturated/α-hetero) is 1. The fraction of sp³-hybridized carbons (Fsp3) is 0.316. The highest BCUT2D eigenvalue weighted by Crippen LogP contribution is 2.29. The summed E-state index contributed by atoms with van der Waals surface area (Å²) in [5.41, 5.74) is 0.596. The Balaban J connectivity index is 1.86. The lowest BCUT2D eigenvalue weighted by atomic mass is 10.1. The number of thioether (sulfide) groups is 1. The van der Waals surface area contributed by atoms with E-state index in [4.69, 9.17) is 16.0 Å². The van der Waals surface area contributed by atoms with Gasteiger partial charge in [0.1, 0.15) is 0 Å². The van der Waals surface area contributed by atoms with Crippen LogP contribution in [0.25, 0.3) is 11.6 Å². The number of carbonyl (C=O) groups is 1. The molecule has 0 N–H and O–H groups in total. The van der Waals surface area contributed by atoms with Crippen LogP contribution in [0.3, 0.4) is 0 Å². The van der Waals surface area contributed by atoms with Gasteiger partial charge >= 0.3 is 0 Å². The Morgan fingerprint density at radius 2 is 2.04 bits per heavy atom. The van der Waals surface area contributed by atoms with Crippen molar-refractivity contribution >= 4 is 29.1 Å². The third-order valence-electron chi connectivity index (χ3n) is 3.77. The van der Waals surface area contributed by atoms with Gasteiger partial charge in [-0.2, -0.15) is 0 Å². The van der Waals surface area contributed by atoms with Gasteiger partial charge in [0.25, 0.3) is 0 Å². The number of halogens is 1. The average molecular weight is 390 g/mol. The fourth-order valence-electron chi connectivity index (χ4n) is 2.58. The van der Waals surface area contributed by atoms with Crippen molar-refractivity contribution in [3.8, 4) is 11.6 Å². The molecule has 0 aliphatic carbocycles. The highest BCUT2D eigenvalue weighted by molar-refractivity contribution is 8.00. The predicted octanol–water partition coefficient (Wildman–Crippen LogP) is 5.21. The van der Waals surface area contributed by atoms with Gasteiger partial charge in [-0.25, -0.2) is 0 Å². The Labute approximate surface area is 161 Å². The van der Waals surface area contributed by atoms with Gasteiger partial charge in [-0.15, -0.1) is 10.2 Å². The van der Waals surface area contributed by atoms with E-state index in [-0.39, 0.29) is 11.0 Å². The zero-order valence-electron chi connectivity index (χ0n) is 14.8. The highest BCUT2D eigenvalue weighted by Gasteiger charge is 2.23. The molecule has 26 heavy (non-hydrogen) atoms. The molecule has 0 spiro atoms. The van der Waals surface area contributed by atoms with Crippen LogP contribution in [0, 0.1) is 5.92 Å². The molecule has 0 amide bonds. The molecule has 3 aromatic rings. The molecule has 0 saturated carbocycles. The fourth-order valence-corrected chi connectivity index (χ4v) is 3.71. The summed E-state index contributed by atoms with van der Waals surface area (Å²) < 4.78 is 7.49. The Morgan fingerprint density at radius 3 is 2.69 bits per heavy atom. The van der Waals surface area contributed by atoms with Crippen LogP contribution in [0.15, 0.2) is 52.2 Å². The lowest BCUT2D eigenvalue weighted by Crippen LogP contribution is -2.15. The van der Waals surface area contributed by atoms with Crippen LogP contribution < -0.4 is 0 Å². The van der Waals surface area contributed by atoms with E-state index >= 15 is 0 Å². The van der Waals surface area contributed by atoms with Gasteiger partial charge in [0, 0.05) is 17.1 Å². The van der Waals surface area contributed by atoms with E-state index in [1.807, 2.05) is 23.6 Å². The smallest absolute Gasteiger partial charge is 0.200 e. The maximum absolute atomic E-state index is 12.7. The van der Waals surface area contributed by atoms with Crippen molar-refractivity contribution in [2.24, 2.45) is 5.92 Å². The first-order chi connectivity index (χ1) is 12.5. The lowest BCUT2D eigenvalue weighted by Gasteiger charge is -2.14. The normalized spacial score (nSPS) is 12.5. The standard InChI is InChI=1S/C19H20ClN3O2S/c1-12(2)11-23-18(16-8-5-9-25-16)21-22-19(23)26-13(3)17(24)14-6-4-7-15(20)10-14/h4-10,12-13H,11H2,1-3H3. The van der Waals surface area contributed by atoms with Crippen LogP contribution in [0.1, 0.15) is 31.1 Å². The second-order valence-electron chi connectivity index (χ2n) is 6.42. The van der Waals surface area contributed by atoms with E-state index in [2.05, 4.69) is 24.0 Å². The molecule has 0 fully saturated rings. The molecule has 1 unspecified atom stereocenters. The minimum Gasteiger partial charge on any atom is -0.461 e. The van der Waals surface area contributed by atoms with Crippen LogP contribution >= 0.6 is 23.4 Å². The third kappa shape index (κ3) is 4.19. The van der Waals surface area contributed by atoms with Crippen molar-refractivity contribution in [1.82, 2.24) is 14.8 Å². The minimum atomic E-state index is -0.312. The zero-order valence-corrected chi connectivity index (χ0v) is 16.4. The number of hydrogen-bond donors (Lipinski definition) is 0. The summed E-state index contributed by atoms with van der Waals surface area (Å²) >= 11 is 7.39. The molecule has 1 atom stereocenters. The first-order valence-electron chi connectivity index (χ1n) is 8.39. The summed E-state index contributed by atoms with van der Waals surface area (Å²) in [4.78, 5) is 12.7. The predicted molar refractivity (Wildman–Crippen MR) is 104 cm³/mol. The first kappa shape index (κ1) is 18.7. The number of aromatic nitrogens is 3. The first-order valence-corrected chi connectivity index (χ1v) is 9.65. The van der Waals surface area contributed by atoms with Crippen LogP contribution in [0.4, 0.5) is 0 Å². The monoisotopic (exact) mass is 389 g/mol. The zero-order chi connectivity index (χ0) is 18.7. The maximum Gasteiger partial charge on any atom is 0.200 e. The second kappa shape index (κ2) is 8.10. The highest BCUT2D eigenvalue weighted by atomic mass is 35.5. The van der Waals surface area contributed by atoms with E-state index in [0.29, 0.717) is 33.2 Å². The van der Waals surface area contributed by atoms with Gasteiger partial charge in [0.15, 0.2) is 22.5 Å². The van der Waals surface area contributed by atoms with Crippen molar-refractivity contribution in [3.05, 3.63) is 53.2 Å². The number of furan rings is 1. The summed E-state index contributed by atoms with van der Waals surface area (Å²) in [5.74, 6) is 1.75. The summed E-state index contributed by atoms with van der Waals surface area (Å²) in [5, 5.41) is 9.52. The quantitative estimate of drug-likeness (QED) is 0.410. The van der Waals surface area contributed by atoms with Gasteiger partial charge in [-0.05, 0) is 37.1 Å². The largest absolute Gasteiger partial charge is 0.461 e. The Kier molecular flexibility index (Phi) is 5.84. The van der Waals surface area contributed by atoms with Crippen LogP contribution in [-0.2, 0) is 6.54 Å². The molecule has 136 valence electrons. The Bertz CT molecular complexity index is 890. The lowest BCUT2D eigenvalue weighted by molar-refractivity contribution is 0.0994. The number of rotatable bonds is 7. The van der Waals surface area contributed by atoms with Gasteiger partial charge in [-0.3, -0.25) is 9.36 Å². The molecule has 7 heteroatoms. The molecule has 0 bridgehead atoms. The van der Waals surface area contributed by atoms with E-state index in [1.54, 1.807) is 30.5 Å². The Hall–Kier alpha value is -2.05. The van der Waals surface area contributed by atoms with Crippen molar-refractivity contribution in [1.29, 1.82) is 0 Å². The topological polar surface area (TPSA) is 60.9 Å². The molecular weight excluding hydrogens is 370 g/mol. The maximum atomic E-state index is 12.7. The molecule has 3 rings (SSSR count). The van der Waals surface area contributed by atoms with Gasteiger partial charge in [0.2, 0.25) is 0 Å².